The summed E-state index contributed by atoms with van der Waals surface area (Å²) < 4.78 is 0. The number of carbonyl (C=O) groups is 1. The molecule has 0 spiro atoms. The number of pyridine rings is 1. The smallest absolute Gasteiger partial charge is 0.271 e. The van der Waals surface area contributed by atoms with Crippen LogP contribution in [-0.4, -0.2) is 17.4 Å². The standard InChI is InChI=1S/C11H13Cl3N2O/c1-6(2)3-4-15-11(17)10-9(14)8(13)7(12)5-16-10/h5-6H,3-4H2,1-2H3,(H,15,17). The molecule has 94 valence electrons. The van der Waals surface area contributed by atoms with Gasteiger partial charge < -0.3 is 5.32 Å². The summed E-state index contributed by atoms with van der Waals surface area (Å²) in [5, 5.41) is 3.20. The van der Waals surface area contributed by atoms with Crippen molar-refractivity contribution >= 4 is 40.7 Å². The summed E-state index contributed by atoms with van der Waals surface area (Å²) in [5.41, 5.74) is 0.102. The molecule has 1 amide bonds. The highest BCUT2D eigenvalue weighted by Crippen LogP contribution is 2.30. The van der Waals surface area contributed by atoms with Crippen LogP contribution in [0.5, 0.6) is 0 Å². The van der Waals surface area contributed by atoms with E-state index in [1.165, 1.54) is 6.20 Å². The SMILES string of the molecule is CC(C)CCNC(=O)c1ncc(Cl)c(Cl)c1Cl. The van der Waals surface area contributed by atoms with Crippen LogP contribution in [0.25, 0.3) is 0 Å². The molecule has 3 nitrogen and oxygen atoms in total. The molecule has 0 fully saturated rings. The maximum Gasteiger partial charge on any atom is 0.271 e. The summed E-state index contributed by atoms with van der Waals surface area (Å²) in [6, 6.07) is 0. The van der Waals surface area contributed by atoms with Gasteiger partial charge in [0.05, 0.1) is 15.1 Å². The number of aromatic nitrogens is 1. The molecule has 0 aliphatic carbocycles. The van der Waals surface area contributed by atoms with Crippen LogP contribution in [0.4, 0.5) is 0 Å². The van der Waals surface area contributed by atoms with E-state index >= 15 is 0 Å². The molecule has 0 aromatic carbocycles. The Morgan fingerprint density at radius 3 is 2.59 bits per heavy atom. The molecule has 0 saturated carbocycles. The first-order chi connectivity index (χ1) is 7.93. The molecule has 0 bridgehead atoms. The summed E-state index contributed by atoms with van der Waals surface area (Å²) in [6.07, 6.45) is 2.21. The Morgan fingerprint density at radius 2 is 2.00 bits per heavy atom. The molecule has 6 heteroatoms. The second kappa shape index (κ2) is 6.43. The molecule has 1 heterocycles. The first-order valence-electron chi connectivity index (χ1n) is 5.21. The van der Waals surface area contributed by atoms with Crippen LogP contribution in [0.1, 0.15) is 30.8 Å². The van der Waals surface area contributed by atoms with Gasteiger partial charge in [0.2, 0.25) is 0 Å². The fraction of sp³-hybridized carbons (Fsp3) is 0.455. The van der Waals surface area contributed by atoms with Crippen molar-refractivity contribution in [1.29, 1.82) is 0 Å². The van der Waals surface area contributed by atoms with Gasteiger partial charge in [0, 0.05) is 12.7 Å². The Morgan fingerprint density at radius 1 is 1.35 bits per heavy atom. The number of halogens is 3. The molecule has 1 aromatic heterocycles. The minimum Gasteiger partial charge on any atom is -0.351 e. The molecule has 0 radical (unpaired) electrons. The molecular weight excluding hydrogens is 282 g/mol. The number of hydrogen-bond acceptors (Lipinski definition) is 2. The monoisotopic (exact) mass is 294 g/mol. The highest BCUT2D eigenvalue weighted by atomic mass is 35.5. The van der Waals surface area contributed by atoms with Gasteiger partial charge in [-0.25, -0.2) is 4.98 Å². The molecule has 0 aliphatic rings. The second-order valence-corrected chi connectivity index (χ2v) is 5.18. The van der Waals surface area contributed by atoms with Crippen LogP contribution in [0.2, 0.25) is 15.1 Å². The van der Waals surface area contributed by atoms with Crippen LogP contribution in [0.3, 0.4) is 0 Å². The van der Waals surface area contributed by atoms with E-state index in [0.29, 0.717) is 12.5 Å². The summed E-state index contributed by atoms with van der Waals surface area (Å²) in [6.45, 7) is 4.74. The van der Waals surface area contributed by atoms with E-state index in [4.69, 9.17) is 34.8 Å². The normalized spacial score (nSPS) is 10.7. The zero-order chi connectivity index (χ0) is 13.0. The molecule has 0 aliphatic heterocycles. The van der Waals surface area contributed by atoms with Gasteiger partial charge in [0.1, 0.15) is 5.69 Å². The van der Waals surface area contributed by atoms with Crippen molar-refractivity contribution in [1.82, 2.24) is 10.3 Å². The number of hydrogen-bond donors (Lipinski definition) is 1. The van der Waals surface area contributed by atoms with Gasteiger partial charge in [-0.2, -0.15) is 0 Å². The average Bonchev–Trinajstić information content (AvgIpc) is 2.25. The molecule has 1 aromatic rings. The lowest BCUT2D eigenvalue weighted by Gasteiger charge is -2.08. The zero-order valence-electron chi connectivity index (χ0n) is 9.56. The topological polar surface area (TPSA) is 42.0 Å². The minimum absolute atomic E-state index is 0.0845. The Bertz CT molecular complexity index is 421. The predicted octanol–water partition coefficient (Wildman–Crippen LogP) is 3.82. The Kier molecular flexibility index (Phi) is 5.50. The highest BCUT2D eigenvalue weighted by Gasteiger charge is 2.16. The van der Waals surface area contributed by atoms with Crippen LogP contribution in [0, 0.1) is 5.92 Å². The highest BCUT2D eigenvalue weighted by molar-refractivity contribution is 6.48. The number of nitrogens with zero attached hydrogens (tertiary/aromatic N) is 1. The van der Waals surface area contributed by atoms with Gasteiger partial charge in [0.25, 0.3) is 5.91 Å². The average molecular weight is 296 g/mol. The van der Waals surface area contributed by atoms with Crippen molar-refractivity contribution in [2.24, 2.45) is 5.92 Å². The molecule has 0 saturated heterocycles. The summed E-state index contributed by atoms with van der Waals surface area (Å²) >= 11 is 17.4. The lowest BCUT2D eigenvalue weighted by molar-refractivity contribution is 0.0947. The molecule has 0 unspecified atom stereocenters. The molecular formula is C11H13Cl3N2O. The van der Waals surface area contributed by atoms with E-state index in [1.807, 2.05) is 0 Å². The molecule has 1 N–H and O–H groups in total. The van der Waals surface area contributed by atoms with Crippen molar-refractivity contribution in [2.45, 2.75) is 20.3 Å². The minimum atomic E-state index is -0.339. The third-order valence-corrected chi connectivity index (χ3v) is 3.38. The van der Waals surface area contributed by atoms with E-state index in [9.17, 15) is 4.79 Å². The Hall–Kier alpha value is -0.510. The van der Waals surface area contributed by atoms with Gasteiger partial charge in [-0.15, -0.1) is 0 Å². The first-order valence-corrected chi connectivity index (χ1v) is 6.34. The summed E-state index contributed by atoms with van der Waals surface area (Å²) in [7, 11) is 0. The van der Waals surface area contributed by atoms with E-state index < -0.39 is 0 Å². The van der Waals surface area contributed by atoms with Crippen LogP contribution in [-0.2, 0) is 0 Å². The summed E-state index contributed by atoms with van der Waals surface area (Å²) in [4.78, 5) is 15.6. The number of nitrogens with one attached hydrogen (secondary N) is 1. The van der Waals surface area contributed by atoms with Crippen molar-refractivity contribution in [3.05, 3.63) is 27.0 Å². The van der Waals surface area contributed by atoms with Crippen molar-refractivity contribution < 1.29 is 4.79 Å². The van der Waals surface area contributed by atoms with Crippen LogP contribution >= 0.6 is 34.8 Å². The van der Waals surface area contributed by atoms with Gasteiger partial charge in [-0.05, 0) is 12.3 Å². The number of rotatable bonds is 4. The fourth-order valence-electron chi connectivity index (χ4n) is 1.16. The van der Waals surface area contributed by atoms with Gasteiger partial charge in [-0.3, -0.25) is 4.79 Å². The van der Waals surface area contributed by atoms with Crippen molar-refractivity contribution in [3.8, 4) is 0 Å². The number of amides is 1. The second-order valence-electron chi connectivity index (χ2n) is 4.02. The van der Waals surface area contributed by atoms with E-state index in [-0.39, 0.29) is 26.7 Å². The van der Waals surface area contributed by atoms with Crippen molar-refractivity contribution in [2.75, 3.05) is 6.54 Å². The van der Waals surface area contributed by atoms with Gasteiger partial charge >= 0.3 is 0 Å². The van der Waals surface area contributed by atoms with Crippen LogP contribution < -0.4 is 5.32 Å². The maximum atomic E-state index is 11.8. The van der Waals surface area contributed by atoms with E-state index in [0.717, 1.165) is 6.42 Å². The Balaban J connectivity index is 2.73. The third-order valence-electron chi connectivity index (χ3n) is 2.14. The predicted molar refractivity (Wildman–Crippen MR) is 71.1 cm³/mol. The lowest BCUT2D eigenvalue weighted by atomic mass is 10.1. The first kappa shape index (κ1) is 14.6. The maximum absolute atomic E-state index is 11.8. The van der Waals surface area contributed by atoms with Crippen LogP contribution in [0.15, 0.2) is 6.20 Å². The third kappa shape index (κ3) is 4.02. The Labute approximate surface area is 115 Å². The molecule has 17 heavy (non-hydrogen) atoms. The van der Waals surface area contributed by atoms with Crippen molar-refractivity contribution in [3.63, 3.8) is 0 Å². The zero-order valence-corrected chi connectivity index (χ0v) is 11.8. The van der Waals surface area contributed by atoms with E-state index in [1.54, 1.807) is 0 Å². The lowest BCUT2D eigenvalue weighted by Crippen LogP contribution is -2.26. The summed E-state index contributed by atoms with van der Waals surface area (Å²) in [5.74, 6) is 0.182. The van der Waals surface area contributed by atoms with Gasteiger partial charge in [-0.1, -0.05) is 48.7 Å². The number of carbonyl (C=O) groups excluding carboxylic acids is 1. The van der Waals surface area contributed by atoms with Gasteiger partial charge in [0.15, 0.2) is 0 Å². The fourth-order valence-corrected chi connectivity index (χ4v) is 1.73. The van der Waals surface area contributed by atoms with E-state index in [2.05, 4.69) is 24.1 Å². The quantitative estimate of drug-likeness (QED) is 0.917. The molecule has 0 atom stereocenters. The largest absolute Gasteiger partial charge is 0.351 e. The molecule has 1 rings (SSSR count).